The van der Waals surface area contributed by atoms with Crippen LogP contribution < -0.4 is 9.64 Å². The Bertz CT molecular complexity index is 943. The van der Waals surface area contributed by atoms with E-state index >= 15 is 0 Å². The fourth-order valence-corrected chi connectivity index (χ4v) is 2.85. The van der Waals surface area contributed by atoms with Crippen LogP contribution in [-0.4, -0.2) is 49.5 Å². The zero-order chi connectivity index (χ0) is 19.0. The third-order valence-corrected chi connectivity index (χ3v) is 4.13. The normalized spacial score (nSPS) is 17.6. The summed E-state index contributed by atoms with van der Waals surface area (Å²) < 4.78 is 57.8. The lowest BCUT2D eigenvalue weighted by Gasteiger charge is -2.16. The minimum absolute atomic E-state index is 0.0184. The summed E-state index contributed by atoms with van der Waals surface area (Å²) in [6.07, 6.45) is -1.68. The van der Waals surface area contributed by atoms with E-state index in [0.717, 1.165) is 18.8 Å². The maximum absolute atomic E-state index is 12.9. The Hall–Kier alpha value is -3.05. The third kappa shape index (κ3) is 3.59. The highest BCUT2D eigenvalue weighted by molar-refractivity contribution is 5.38. The van der Waals surface area contributed by atoms with Crippen molar-refractivity contribution in [1.82, 2.24) is 29.8 Å². The third-order valence-electron chi connectivity index (χ3n) is 4.13. The van der Waals surface area contributed by atoms with Crippen LogP contribution in [0.15, 0.2) is 24.5 Å². The lowest BCUT2D eigenvalue weighted by Crippen LogP contribution is -2.24. The first-order valence-electron chi connectivity index (χ1n) is 8.05. The number of ether oxygens (including phenoxy) is 1. The summed E-state index contributed by atoms with van der Waals surface area (Å²) in [5, 5.41) is 10.4. The van der Waals surface area contributed by atoms with Gasteiger partial charge in [-0.05, 0) is 12.5 Å². The van der Waals surface area contributed by atoms with E-state index in [9.17, 15) is 17.6 Å². The molecule has 1 fully saturated rings. The van der Waals surface area contributed by atoms with E-state index < -0.39 is 17.8 Å². The van der Waals surface area contributed by atoms with Crippen LogP contribution in [0.3, 0.4) is 0 Å². The number of halogens is 4. The molecule has 0 bridgehead atoms. The molecule has 1 saturated heterocycles. The Labute approximate surface area is 149 Å². The fourth-order valence-electron chi connectivity index (χ4n) is 2.85. The summed E-state index contributed by atoms with van der Waals surface area (Å²) in [5.41, 5.74) is -0.0184. The van der Waals surface area contributed by atoms with Gasteiger partial charge < -0.3 is 9.64 Å². The minimum Gasteiger partial charge on any atom is -0.476 e. The molecule has 1 aliphatic rings. The molecule has 27 heavy (non-hydrogen) atoms. The average molecular weight is 383 g/mol. The monoisotopic (exact) mass is 383 g/mol. The van der Waals surface area contributed by atoms with Crippen molar-refractivity contribution in [3.05, 3.63) is 36.2 Å². The van der Waals surface area contributed by atoms with Gasteiger partial charge in [-0.15, -0.1) is 15.3 Å². The molecule has 4 rings (SSSR count). The Morgan fingerprint density at radius 2 is 1.93 bits per heavy atom. The second-order valence-electron chi connectivity index (χ2n) is 6.08. The standard InChI is InChI=1S/C15H13F4N7O/c16-10-5-20-14(21-6-10)25-4-3-9(7-25)8-27-12-2-1-11-22-23-13(15(17,18)19)26(11)24-12/h1-2,5-6,9H,3-4,7-8H2. The number of anilines is 1. The summed E-state index contributed by atoms with van der Waals surface area (Å²) in [7, 11) is 0. The van der Waals surface area contributed by atoms with Crippen molar-refractivity contribution in [2.75, 3.05) is 24.6 Å². The lowest BCUT2D eigenvalue weighted by molar-refractivity contribution is -0.146. The quantitative estimate of drug-likeness (QED) is 0.637. The first-order valence-corrected chi connectivity index (χ1v) is 8.05. The molecule has 0 amide bonds. The van der Waals surface area contributed by atoms with Gasteiger partial charge in [0.25, 0.3) is 5.82 Å². The number of hydrogen-bond donors (Lipinski definition) is 0. The maximum Gasteiger partial charge on any atom is 0.453 e. The van der Waals surface area contributed by atoms with Gasteiger partial charge >= 0.3 is 6.18 Å². The molecule has 0 spiro atoms. The number of fused-ring (bicyclic) bond motifs is 1. The number of nitrogens with zero attached hydrogens (tertiary/aromatic N) is 7. The second-order valence-corrected chi connectivity index (χ2v) is 6.08. The minimum atomic E-state index is -4.66. The molecule has 1 atom stereocenters. The van der Waals surface area contributed by atoms with Crippen molar-refractivity contribution in [2.45, 2.75) is 12.6 Å². The Morgan fingerprint density at radius 1 is 1.15 bits per heavy atom. The van der Waals surface area contributed by atoms with Crippen LogP contribution in [0.1, 0.15) is 12.2 Å². The van der Waals surface area contributed by atoms with Crippen molar-refractivity contribution < 1.29 is 22.3 Å². The molecular formula is C15H13F4N7O. The summed E-state index contributed by atoms with van der Waals surface area (Å²) in [6, 6.07) is 2.80. The topological polar surface area (TPSA) is 81.3 Å². The smallest absolute Gasteiger partial charge is 0.453 e. The first-order chi connectivity index (χ1) is 12.9. The number of hydrogen-bond acceptors (Lipinski definition) is 7. The van der Waals surface area contributed by atoms with E-state index in [-0.39, 0.29) is 24.1 Å². The number of alkyl halides is 3. The van der Waals surface area contributed by atoms with E-state index in [0.29, 0.717) is 23.6 Å². The van der Waals surface area contributed by atoms with Crippen LogP contribution in [0.2, 0.25) is 0 Å². The van der Waals surface area contributed by atoms with Crippen molar-refractivity contribution >= 4 is 11.6 Å². The van der Waals surface area contributed by atoms with Gasteiger partial charge in [-0.2, -0.15) is 17.7 Å². The molecule has 4 heterocycles. The predicted molar refractivity (Wildman–Crippen MR) is 83.6 cm³/mol. The van der Waals surface area contributed by atoms with Crippen LogP contribution in [0.25, 0.3) is 5.65 Å². The molecule has 0 N–H and O–H groups in total. The van der Waals surface area contributed by atoms with Crippen molar-refractivity contribution in [1.29, 1.82) is 0 Å². The highest BCUT2D eigenvalue weighted by atomic mass is 19.4. The van der Waals surface area contributed by atoms with E-state index in [1.54, 1.807) is 0 Å². The highest BCUT2D eigenvalue weighted by Gasteiger charge is 2.37. The summed E-state index contributed by atoms with van der Waals surface area (Å²) in [5.74, 6) is -1.13. The van der Waals surface area contributed by atoms with Gasteiger partial charge in [0.1, 0.15) is 0 Å². The molecule has 1 aliphatic heterocycles. The summed E-state index contributed by atoms with van der Waals surface area (Å²) in [6.45, 7) is 1.53. The van der Waals surface area contributed by atoms with E-state index in [2.05, 4.69) is 25.3 Å². The van der Waals surface area contributed by atoms with Crippen LogP contribution in [0, 0.1) is 11.7 Å². The predicted octanol–water partition coefficient (Wildman–Crippen LogP) is 1.98. The van der Waals surface area contributed by atoms with Gasteiger partial charge in [-0.1, -0.05) is 0 Å². The fraction of sp³-hybridized carbons (Fsp3) is 0.400. The van der Waals surface area contributed by atoms with Crippen LogP contribution >= 0.6 is 0 Å². The van der Waals surface area contributed by atoms with Crippen LogP contribution in [0.4, 0.5) is 23.5 Å². The van der Waals surface area contributed by atoms with Crippen molar-refractivity contribution in [3.8, 4) is 5.88 Å². The number of rotatable bonds is 4. The number of aromatic nitrogens is 6. The van der Waals surface area contributed by atoms with Gasteiger partial charge in [0.05, 0.1) is 19.0 Å². The second kappa shape index (κ2) is 6.59. The molecule has 0 aromatic carbocycles. The molecule has 142 valence electrons. The first kappa shape index (κ1) is 17.4. The van der Waals surface area contributed by atoms with Crippen molar-refractivity contribution in [3.63, 3.8) is 0 Å². The van der Waals surface area contributed by atoms with Gasteiger partial charge in [0.15, 0.2) is 11.5 Å². The molecule has 3 aromatic rings. The van der Waals surface area contributed by atoms with E-state index in [1.807, 2.05) is 4.90 Å². The zero-order valence-electron chi connectivity index (χ0n) is 13.8. The molecule has 0 radical (unpaired) electrons. The Balaban J connectivity index is 1.41. The lowest BCUT2D eigenvalue weighted by atomic mass is 10.1. The average Bonchev–Trinajstić information content (AvgIpc) is 3.27. The zero-order valence-corrected chi connectivity index (χ0v) is 13.8. The molecule has 0 saturated carbocycles. The van der Waals surface area contributed by atoms with Gasteiger partial charge in [0.2, 0.25) is 11.8 Å². The SMILES string of the molecule is Fc1cnc(N2CCC(COc3ccc4nnc(C(F)(F)F)n4n3)C2)nc1. The van der Waals surface area contributed by atoms with Gasteiger partial charge in [-0.25, -0.2) is 14.4 Å². The maximum atomic E-state index is 12.9. The Kier molecular flexibility index (Phi) is 4.24. The van der Waals surface area contributed by atoms with E-state index in [1.165, 1.54) is 12.1 Å². The van der Waals surface area contributed by atoms with Crippen molar-refractivity contribution in [2.24, 2.45) is 5.92 Å². The highest BCUT2D eigenvalue weighted by Crippen LogP contribution is 2.28. The molecule has 3 aromatic heterocycles. The van der Waals surface area contributed by atoms with E-state index in [4.69, 9.17) is 4.74 Å². The molecule has 8 nitrogen and oxygen atoms in total. The van der Waals surface area contributed by atoms with Crippen LogP contribution in [0.5, 0.6) is 5.88 Å². The molecule has 1 unspecified atom stereocenters. The largest absolute Gasteiger partial charge is 0.476 e. The molecule has 0 aliphatic carbocycles. The summed E-state index contributed by atoms with van der Waals surface area (Å²) >= 11 is 0. The van der Waals surface area contributed by atoms with Gasteiger partial charge in [0, 0.05) is 25.1 Å². The molecule has 12 heteroatoms. The summed E-state index contributed by atoms with van der Waals surface area (Å²) in [4.78, 5) is 9.77. The van der Waals surface area contributed by atoms with Crippen LogP contribution in [-0.2, 0) is 6.18 Å². The Morgan fingerprint density at radius 3 is 2.67 bits per heavy atom. The molecular weight excluding hydrogens is 370 g/mol. The van der Waals surface area contributed by atoms with Gasteiger partial charge in [-0.3, -0.25) is 0 Å².